The molecule has 226 valence electrons. The summed E-state index contributed by atoms with van der Waals surface area (Å²) in [6.45, 7) is 2.39. The highest BCUT2D eigenvalue weighted by molar-refractivity contribution is 6.07. The van der Waals surface area contributed by atoms with E-state index in [4.69, 9.17) is 19.2 Å². The SMILES string of the molecule is COc1cc(CN(C)C(=O)c2cc(N3CCN(c4cccc(C(F)(F)F)c4)CC3)nc3ccccc23)cc(OC)c1OC. The number of fused-ring (bicyclic) bond motifs is 1. The third-order valence-corrected chi connectivity index (χ3v) is 7.57. The number of piperazine rings is 1. The van der Waals surface area contributed by atoms with E-state index >= 15 is 0 Å². The van der Waals surface area contributed by atoms with Gasteiger partial charge < -0.3 is 28.9 Å². The van der Waals surface area contributed by atoms with Crippen molar-refractivity contribution in [3.63, 3.8) is 0 Å². The molecule has 3 aromatic carbocycles. The van der Waals surface area contributed by atoms with Crippen LogP contribution in [-0.4, -0.2) is 70.3 Å². The van der Waals surface area contributed by atoms with Crippen molar-refractivity contribution >= 4 is 28.3 Å². The van der Waals surface area contributed by atoms with Gasteiger partial charge in [0.05, 0.1) is 38.0 Å². The number of rotatable bonds is 8. The van der Waals surface area contributed by atoms with Gasteiger partial charge in [-0.15, -0.1) is 0 Å². The minimum atomic E-state index is -4.39. The summed E-state index contributed by atoms with van der Waals surface area (Å²) >= 11 is 0. The van der Waals surface area contributed by atoms with Crippen molar-refractivity contribution in [1.82, 2.24) is 9.88 Å². The van der Waals surface area contributed by atoms with Crippen molar-refractivity contribution in [2.24, 2.45) is 0 Å². The van der Waals surface area contributed by atoms with Gasteiger partial charge in [-0.25, -0.2) is 4.98 Å². The van der Waals surface area contributed by atoms with Crippen LogP contribution in [-0.2, 0) is 12.7 Å². The molecule has 0 unspecified atom stereocenters. The van der Waals surface area contributed by atoms with Gasteiger partial charge in [-0.1, -0.05) is 24.3 Å². The number of alkyl halides is 3. The lowest BCUT2D eigenvalue weighted by Crippen LogP contribution is -2.47. The zero-order valence-corrected chi connectivity index (χ0v) is 24.4. The van der Waals surface area contributed by atoms with Crippen LogP contribution in [0.2, 0.25) is 0 Å². The molecule has 1 aliphatic rings. The quantitative estimate of drug-likeness (QED) is 0.253. The lowest BCUT2D eigenvalue weighted by molar-refractivity contribution is -0.137. The smallest absolute Gasteiger partial charge is 0.416 e. The molecule has 2 heterocycles. The fourth-order valence-corrected chi connectivity index (χ4v) is 5.35. The van der Waals surface area contributed by atoms with Gasteiger partial charge in [-0.05, 0) is 48.0 Å². The fraction of sp³-hybridized carbons (Fsp3) is 0.312. The summed E-state index contributed by atoms with van der Waals surface area (Å²) in [5, 5.41) is 0.732. The van der Waals surface area contributed by atoms with Crippen molar-refractivity contribution in [1.29, 1.82) is 0 Å². The number of pyridine rings is 1. The van der Waals surface area contributed by atoms with Gasteiger partial charge in [0.1, 0.15) is 5.82 Å². The fourth-order valence-electron chi connectivity index (χ4n) is 5.35. The Bertz CT molecular complexity index is 1600. The average molecular weight is 595 g/mol. The van der Waals surface area contributed by atoms with Crippen molar-refractivity contribution in [2.45, 2.75) is 12.7 Å². The molecule has 8 nitrogen and oxygen atoms in total. The third kappa shape index (κ3) is 6.25. The molecule has 0 saturated carbocycles. The number of ether oxygens (including phenoxy) is 3. The van der Waals surface area contributed by atoms with Gasteiger partial charge in [0, 0.05) is 50.8 Å². The Morgan fingerprint density at radius 2 is 1.51 bits per heavy atom. The molecule has 43 heavy (non-hydrogen) atoms. The van der Waals surface area contributed by atoms with E-state index in [-0.39, 0.29) is 12.5 Å². The predicted octanol–water partition coefficient (Wildman–Crippen LogP) is 5.88. The van der Waals surface area contributed by atoms with Crippen LogP contribution in [0.15, 0.2) is 66.7 Å². The molecule has 0 aliphatic carbocycles. The van der Waals surface area contributed by atoms with E-state index in [0.29, 0.717) is 66.0 Å². The highest BCUT2D eigenvalue weighted by Gasteiger charge is 2.31. The molecule has 1 aliphatic heterocycles. The first-order valence-corrected chi connectivity index (χ1v) is 13.7. The third-order valence-electron chi connectivity index (χ3n) is 7.57. The van der Waals surface area contributed by atoms with Crippen LogP contribution in [0.25, 0.3) is 10.9 Å². The van der Waals surface area contributed by atoms with Crippen molar-refractivity contribution in [3.05, 3.63) is 83.4 Å². The van der Waals surface area contributed by atoms with Gasteiger partial charge in [0.15, 0.2) is 11.5 Å². The average Bonchev–Trinajstić information content (AvgIpc) is 3.03. The molecule has 1 fully saturated rings. The number of nitrogens with zero attached hydrogens (tertiary/aromatic N) is 4. The number of aromatic nitrogens is 1. The maximum Gasteiger partial charge on any atom is 0.416 e. The maximum atomic E-state index is 13.9. The normalized spacial score (nSPS) is 13.7. The van der Waals surface area contributed by atoms with E-state index < -0.39 is 11.7 Å². The molecular formula is C32H33F3N4O4. The number of halogens is 3. The second kappa shape index (κ2) is 12.3. The Labute approximate surface area is 248 Å². The van der Waals surface area contributed by atoms with Crippen LogP contribution < -0.4 is 24.0 Å². The molecule has 0 N–H and O–H groups in total. The summed E-state index contributed by atoms with van der Waals surface area (Å²) in [6, 6.07) is 18.3. The predicted molar refractivity (Wildman–Crippen MR) is 160 cm³/mol. The molecule has 0 atom stereocenters. The number of methoxy groups -OCH3 is 3. The highest BCUT2D eigenvalue weighted by atomic mass is 19.4. The monoisotopic (exact) mass is 594 g/mol. The van der Waals surface area contributed by atoms with E-state index in [9.17, 15) is 18.0 Å². The van der Waals surface area contributed by atoms with E-state index in [1.807, 2.05) is 41.3 Å². The molecule has 0 spiro atoms. The van der Waals surface area contributed by atoms with Crippen LogP contribution in [0.4, 0.5) is 24.7 Å². The number of para-hydroxylation sites is 1. The van der Waals surface area contributed by atoms with Gasteiger partial charge in [-0.3, -0.25) is 4.79 Å². The summed E-state index contributed by atoms with van der Waals surface area (Å²) in [4.78, 5) is 24.3. The zero-order chi connectivity index (χ0) is 30.7. The van der Waals surface area contributed by atoms with Gasteiger partial charge in [-0.2, -0.15) is 13.2 Å². The zero-order valence-electron chi connectivity index (χ0n) is 24.4. The Hall–Kier alpha value is -4.67. The molecule has 11 heteroatoms. The molecular weight excluding hydrogens is 561 g/mol. The highest BCUT2D eigenvalue weighted by Crippen LogP contribution is 2.39. The van der Waals surface area contributed by atoms with Crippen LogP contribution in [0.1, 0.15) is 21.5 Å². The van der Waals surface area contributed by atoms with E-state index in [1.165, 1.54) is 19.2 Å². The van der Waals surface area contributed by atoms with Crippen LogP contribution in [0, 0.1) is 0 Å². The molecule has 1 saturated heterocycles. The Kier molecular flexibility index (Phi) is 8.52. The number of anilines is 2. The largest absolute Gasteiger partial charge is 0.493 e. The Morgan fingerprint density at radius 1 is 0.860 bits per heavy atom. The number of benzene rings is 3. The number of amides is 1. The van der Waals surface area contributed by atoms with Crippen LogP contribution in [0.5, 0.6) is 17.2 Å². The molecule has 4 aromatic rings. The molecule has 5 rings (SSSR count). The first-order valence-electron chi connectivity index (χ1n) is 13.7. The van der Waals surface area contributed by atoms with Gasteiger partial charge >= 0.3 is 6.18 Å². The molecule has 1 aromatic heterocycles. The number of hydrogen-bond donors (Lipinski definition) is 0. The topological polar surface area (TPSA) is 67.4 Å². The van der Waals surface area contributed by atoms with Crippen molar-refractivity contribution < 1.29 is 32.2 Å². The lowest BCUT2D eigenvalue weighted by atomic mass is 10.1. The van der Waals surface area contributed by atoms with Crippen molar-refractivity contribution in [2.75, 3.05) is 64.4 Å². The summed E-state index contributed by atoms with van der Waals surface area (Å²) in [5.74, 6) is 1.93. The maximum absolute atomic E-state index is 13.9. The molecule has 0 bridgehead atoms. The summed E-state index contributed by atoms with van der Waals surface area (Å²) in [5.41, 5.74) is 1.86. The number of carbonyl (C=O) groups excluding carboxylic acids is 1. The second-order valence-electron chi connectivity index (χ2n) is 10.3. The Morgan fingerprint density at radius 3 is 2.14 bits per heavy atom. The Balaban J connectivity index is 1.38. The number of hydrogen-bond acceptors (Lipinski definition) is 7. The van der Waals surface area contributed by atoms with Crippen LogP contribution in [0.3, 0.4) is 0 Å². The van der Waals surface area contributed by atoms with E-state index in [0.717, 1.165) is 17.0 Å². The number of carbonyl (C=O) groups is 1. The molecule has 1 amide bonds. The van der Waals surface area contributed by atoms with Gasteiger partial charge in [0.2, 0.25) is 5.75 Å². The minimum absolute atomic E-state index is 0.184. The van der Waals surface area contributed by atoms with E-state index in [2.05, 4.69) is 4.90 Å². The molecule has 0 radical (unpaired) electrons. The minimum Gasteiger partial charge on any atom is -0.493 e. The van der Waals surface area contributed by atoms with Crippen molar-refractivity contribution in [3.8, 4) is 17.2 Å². The summed E-state index contributed by atoms with van der Waals surface area (Å²) < 4.78 is 56.1. The van der Waals surface area contributed by atoms with E-state index in [1.54, 1.807) is 38.3 Å². The lowest BCUT2D eigenvalue weighted by Gasteiger charge is -2.37. The first-order chi connectivity index (χ1) is 20.6. The van der Waals surface area contributed by atoms with Gasteiger partial charge in [0.25, 0.3) is 5.91 Å². The second-order valence-corrected chi connectivity index (χ2v) is 10.3. The standard InChI is InChI=1S/C32H33F3N4O4/c1-37(20-21-16-27(41-2)30(43-4)28(17-21)42-3)31(40)25-19-29(36-26-11-6-5-10-24(25)26)39-14-12-38(13-15-39)23-9-7-8-22(18-23)32(33,34)35/h5-11,16-19H,12-15,20H2,1-4H3. The summed E-state index contributed by atoms with van der Waals surface area (Å²) in [6.07, 6.45) is -4.39. The summed E-state index contributed by atoms with van der Waals surface area (Å²) in [7, 11) is 6.35. The van der Waals surface area contributed by atoms with Crippen LogP contribution >= 0.6 is 0 Å². The first kappa shape index (κ1) is 29.8.